The van der Waals surface area contributed by atoms with Gasteiger partial charge in [-0.3, -0.25) is 4.57 Å². The molecule has 0 amide bonds. The number of aromatic nitrogens is 2. The zero-order valence-corrected chi connectivity index (χ0v) is 10.5. The van der Waals surface area contributed by atoms with Gasteiger partial charge >= 0.3 is 5.69 Å². The first-order valence-electron chi connectivity index (χ1n) is 5.62. The van der Waals surface area contributed by atoms with Gasteiger partial charge in [0.15, 0.2) is 0 Å². The Kier molecular flexibility index (Phi) is 2.49. The number of hydrogen-bond donors (Lipinski definition) is 1. The summed E-state index contributed by atoms with van der Waals surface area (Å²) in [4.78, 5) is 14.9. The first kappa shape index (κ1) is 11.1. The molecular weight excluding hydrogens is 248 g/mol. The van der Waals surface area contributed by atoms with Gasteiger partial charge in [0.05, 0.1) is 16.7 Å². The molecule has 1 heterocycles. The third-order valence-corrected chi connectivity index (χ3v) is 3.18. The van der Waals surface area contributed by atoms with Crippen LogP contribution in [0.3, 0.4) is 0 Å². The Balaban J connectivity index is 2.34. The van der Waals surface area contributed by atoms with E-state index in [1.807, 2.05) is 37.3 Å². The Labute approximate surface area is 109 Å². The lowest BCUT2D eigenvalue weighted by Gasteiger charge is -2.03. The Bertz CT molecular complexity index is 769. The number of aryl methyl sites for hydroxylation is 1. The molecule has 3 nitrogen and oxygen atoms in total. The quantitative estimate of drug-likeness (QED) is 0.715. The highest BCUT2D eigenvalue weighted by Gasteiger charge is 2.08. The first-order chi connectivity index (χ1) is 8.65. The summed E-state index contributed by atoms with van der Waals surface area (Å²) in [7, 11) is 0. The number of imidazole rings is 1. The smallest absolute Gasteiger partial charge is 0.305 e. The molecule has 4 heteroatoms. The van der Waals surface area contributed by atoms with Gasteiger partial charge in [-0.25, -0.2) is 4.79 Å². The predicted molar refractivity (Wildman–Crippen MR) is 73.6 cm³/mol. The zero-order valence-electron chi connectivity index (χ0n) is 9.77. The van der Waals surface area contributed by atoms with Gasteiger partial charge in [0.25, 0.3) is 0 Å². The lowest BCUT2D eigenvalue weighted by Crippen LogP contribution is -2.14. The number of H-pyrrole nitrogens is 1. The highest BCUT2D eigenvalue weighted by atomic mass is 35.5. The maximum absolute atomic E-state index is 12.0. The summed E-state index contributed by atoms with van der Waals surface area (Å²) >= 11 is 5.86. The van der Waals surface area contributed by atoms with Gasteiger partial charge in [0.2, 0.25) is 0 Å². The SMILES string of the molecule is Cc1ccc2[nH]c(=O)n(-c3ccc(Cl)cc3)c2c1. The molecule has 1 aromatic heterocycles. The number of fused-ring (bicyclic) bond motifs is 1. The molecule has 0 fully saturated rings. The van der Waals surface area contributed by atoms with Crippen molar-refractivity contribution >= 4 is 22.6 Å². The van der Waals surface area contributed by atoms with E-state index in [2.05, 4.69) is 4.98 Å². The molecular formula is C14H11ClN2O. The molecule has 0 saturated heterocycles. The number of hydrogen-bond acceptors (Lipinski definition) is 1. The predicted octanol–water partition coefficient (Wildman–Crippen LogP) is 3.28. The van der Waals surface area contributed by atoms with E-state index < -0.39 is 0 Å². The number of benzene rings is 2. The van der Waals surface area contributed by atoms with Crippen molar-refractivity contribution in [3.63, 3.8) is 0 Å². The Morgan fingerprint density at radius 3 is 2.56 bits per heavy atom. The average Bonchev–Trinajstić information content (AvgIpc) is 2.66. The minimum atomic E-state index is -0.141. The fraction of sp³-hybridized carbons (Fsp3) is 0.0714. The maximum Gasteiger partial charge on any atom is 0.331 e. The molecule has 0 radical (unpaired) electrons. The molecule has 0 unspecified atom stereocenters. The van der Waals surface area contributed by atoms with Gasteiger partial charge in [-0.15, -0.1) is 0 Å². The molecule has 0 atom stereocenters. The van der Waals surface area contributed by atoms with Crippen LogP contribution in [0.1, 0.15) is 5.56 Å². The normalized spacial score (nSPS) is 11.0. The number of nitrogens with one attached hydrogen (secondary N) is 1. The lowest BCUT2D eigenvalue weighted by molar-refractivity contribution is 1.02. The van der Waals surface area contributed by atoms with Crippen LogP contribution >= 0.6 is 11.6 Å². The Morgan fingerprint density at radius 2 is 1.83 bits per heavy atom. The van der Waals surface area contributed by atoms with Crippen molar-refractivity contribution in [1.29, 1.82) is 0 Å². The Hall–Kier alpha value is -2.00. The second-order valence-electron chi connectivity index (χ2n) is 4.26. The average molecular weight is 259 g/mol. The summed E-state index contributed by atoms with van der Waals surface area (Å²) in [5.74, 6) is 0. The summed E-state index contributed by atoms with van der Waals surface area (Å²) in [5, 5.41) is 0.655. The molecule has 0 aliphatic carbocycles. The van der Waals surface area contributed by atoms with E-state index in [1.165, 1.54) is 0 Å². The van der Waals surface area contributed by atoms with Crippen molar-refractivity contribution in [2.45, 2.75) is 6.92 Å². The van der Waals surface area contributed by atoms with Crippen LogP contribution in [0.4, 0.5) is 0 Å². The van der Waals surface area contributed by atoms with E-state index in [4.69, 9.17) is 11.6 Å². The van der Waals surface area contributed by atoms with Crippen LogP contribution < -0.4 is 5.69 Å². The van der Waals surface area contributed by atoms with Crippen molar-refractivity contribution in [2.24, 2.45) is 0 Å². The number of rotatable bonds is 1. The van der Waals surface area contributed by atoms with Crippen LogP contribution in [0, 0.1) is 6.92 Å². The molecule has 0 aliphatic heterocycles. The molecule has 0 spiro atoms. The molecule has 3 rings (SSSR count). The zero-order chi connectivity index (χ0) is 12.7. The van der Waals surface area contributed by atoms with E-state index in [1.54, 1.807) is 16.7 Å². The van der Waals surface area contributed by atoms with Crippen LogP contribution in [0.5, 0.6) is 0 Å². The molecule has 0 saturated carbocycles. The second kappa shape index (κ2) is 4.03. The van der Waals surface area contributed by atoms with Gasteiger partial charge in [0, 0.05) is 5.02 Å². The van der Waals surface area contributed by atoms with Crippen LogP contribution in [0.2, 0.25) is 5.02 Å². The van der Waals surface area contributed by atoms with Gasteiger partial charge in [-0.1, -0.05) is 17.7 Å². The number of nitrogens with zero attached hydrogens (tertiary/aromatic N) is 1. The first-order valence-corrected chi connectivity index (χ1v) is 6.00. The lowest BCUT2D eigenvalue weighted by atomic mass is 10.2. The molecule has 0 aliphatic rings. The topological polar surface area (TPSA) is 37.8 Å². The highest BCUT2D eigenvalue weighted by Crippen LogP contribution is 2.18. The monoisotopic (exact) mass is 258 g/mol. The maximum atomic E-state index is 12.0. The number of halogens is 1. The van der Waals surface area contributed by atoms with Gasteiger partial charge < -0.3 is 4.98 Å². The molecule has 3 aromatic rings. The van der Waals surface area contributed by atoms with E-state index in [9.17, 15) is 4.79 Å². The summed E-state index contributed by atoms with van der Waals surface area (Å²) in [6.07, 6.45) is 0. The fourth-order valence-electron chi connectivity index (χ4n) is 2.06. The minimum Gasteiger partial charge on any atom is -0.305 e. The van der Waals surface area contributed by atoms with Crippen molar-refractivity contribution in [2.75, 3.05) is 0 Å². The summed E-state index contributed by atoms with van der Waals surface area (Å²) in [6, 6.07) is 13.1. The van der Waals surface area contributed by atoms with Gasteiger partial charge in [-0.05, 0) is 48.9 Å². The summed E-state index contributed by atoms with van der Waals surface area (Å²) in [5.41, 5.74) is 3.49. The second-order valence-corrected chi connectivity index (χ2v) is 4.70. The largest absolute Gasteiger partial charge is 0.331 e. The van der Waals surface area contributed by atoms with Crippen molar-refractivity contribution < 1.29 is 0 Å². The Morgan fingerprint density at radius 1 is 1.11 bits per heavy atom. The minimum absolute atomic E-state index is 0.141. The highest BCUT2D eigenvalue weighted by molar-refractivity contribution is 6.30. The van der Waals surface area contributed by atoms with Gasteiger partial charge in [0.1, 0.15) is 0 Å². The van der Waals surface area contributed by atoms with Crippen LogP contribution in [0.15, 0.2) is 47.3 Å². The third-order valence-electron chi connectivity index (χ3n) is 2.92. The van der Waals surface area contributed by atoms with Crippen LogP contribution in [0.25, 0.3) is 16.7 Å². The van der Waals surface area contributed by atoms with E-state index >= 15 is 0 Å². The van der Waals surface area contributed by atoms with E-state index in [0.717, 1.165) is 22.3 Å². The van der Waals surface area contributed by atoms with Crippen molar-refractivity contribution in [3.8, 4) is 5.69 Å². The standard InChI is InChI=1S/C14H11ClN2O/c1-9-2-7-12-13(8-9)17(14(18)16-12)11-5-3-10(15)4-6-11/h2-8H,1H3,(H,16,18). The van der Waals surface area contributed by atoms with E-state index in [-0.39, 0.29) is 5.69 Å². The van der Waals surface area contributed by atoms with Crippen molar-refractivity contribution in [3.05, 3.63) is 63.5 Å². The molecule has 2 aromatic carbocycles. The molecule has 0 bridgehead atoms. The number of aromatic amines is 1. The third kappa shape index (κ3) is 1.73. The van der Waals surface area contributed by atoms with Crippen LogP contribution in [-0.4, -0.2) is 9.55 Å². The fourth-order valence-corrected chi connectivity index (χ4v) is 2.19. The van der Waals surface area contributed by atoms with Gasteiger partial charge in [-0.2, -0.15) is 0 Å². The molecule has 18 heavy (non-hydrogen) atoms. The molecule has 1 N–H and O–H groups in total. The summed E-state index contributed by atoms with van der Waals surface area (Å²) < 4.78 is 1.65. The summed E-state index contributed by atoms with van der Waals surface area (Å²) in [6.45, 7) is 2.00. The van der Waals surface area contributed by atoms with Crippen molar-refractivity contribution in [1.82, 2.24) is 9.55 Å². The van der Waals surface area contributed by atoms with Crippen LogP contribution in [-0.2, 0) is 0 Å². The molecule has 90 valence electrons. The van der Waals surface area contributed by atoms with E-state index in [0.29, 0.717) is 5.02 Å².